The van der Waals surface area contributed by atoms with E-state index in [4.69, 9.17) is 15.3 Å². The van der Waals surface area contributed by atoms with E-state index in [0.717, 1.165) is 6.07 Å². The lowest BCUT2D eigenvalue weighted by Crippen LogP contribution is -2.27. The van der Waals surface area contributed by atoms with Crippen molar-refractivity contribution in [1.29, 1.82) is 0 Å². The molecule has 0 fully saturated rings. The average molecular weight is 340 g/mol. The van der Waals surface area contributed by atoms with Crippen molar-refractivity contribution in [3.05, 3.63) is 16.2 Å². The van der Waals surface area contributed by atoms with Gasteiger partial charge in [-0.1, -0.05) is 11.3 Å². The predicted octanol–water partition coefficient (Wildman–Crippen LogP) is -0.117. The van der Waals surface area contributed by atoms with Crippen LogP contribution in [0.3, 0.4) is 0 Å². The van der Waals surface area contributed by atoms with Crippen LogP contribution >= 0.6 is 11.3 Å². The van der Waals surface area contributed by atoms with E-state index in [-0.39, 0.29) is 28.0 Å². The van der Waals surface area contributed by atoms with E-state index in [9.17, 15) is 18.5 Å². The molecule has 0 bridgehead atoms. The fourth-order valence-corrected chi connectivity index (χ4v) is 3.59. The maximum absolute atomic E-state index is 12.0. The number of hydrogen-bond donors (Lipinski definition) is 3. The Balaban J connectivity index is 2.64. The van der Waals surface area contributed by atoms with Crippen molar-refractivity contribution in [2.45, 2.75) is 4.21 Å². The maximum Gasteiger partial charge on any atom is 0.306 e. The van der Waals surface area contributed by atoms with Crippen molar-refractivity contribution in [2.24, 2.45) is 5.84 Å². The predicted molar refractivity (Wildman–Crippen MR) is 76.7 cm³/mol. The zero-order chi connectivity index (χ0) is 15.9. The highest BCUT2D eigenvalue weighted by Gasteiger charge is 2.25. The van der Waals surface area contributed by atoms with Gasteiger partial charge in [0.1, 0.15) is 4.21 Å². The molecule has 0 unspecified atom stereocenters. The standard InChI is InChI=1S/C9H16N4O6S2/c1-18-4-5-19-3-2-11-21(16,17)8-6-7(13(14)15)9(12-10)20-8/h6,11-12H,2-5,10H2,1H3. The van der Waals surface area contributed by atoms with Gasteiger partial charge in [0.15, 0.2) is 5.00 Å². The number of thiophene rings is 1. The zero-order valence-corrected chi connectivity index (χ0v) is 12.8. The van der Waals surface area contributed by atoms with E-state index in [2.05, 4.69) is 10.1 Å². The van der Waals surface area contributed by atoms with E-state index in [1.54, 1.807) is 0 Å². The van der Waals surface area contributed by atoms with Crippen LogP contribution in [0, 0.1) is 10.1 Å². The lowest BCUT2D eigenvalue weighted by Gasteiger charge is -2.05. The number of nitrogen functional groups attached to an aromatic ring is 1. The van der Waals surface area contributed by atoms with Gasteiger partial charge in [-0.05, 0) is 0 Å². The Labute approximate surface area is 125 Å². The van der Waals surface area contributed by atoms with E-state index in [1.807, 2.05) is 0 Å². The second-order valence-corrected chi connectivity index (χ2v) is 6.73. The highest BCUT2D eigenvalue weighted by Crippen LogP contribution is 2.36. The molecule has 0 spiro atoms. The van der Waals surface area contributed by atoms with Crippen molar-refractivity contribution in [1.82, 2.24) is 4.72 Å². The molecule has 0 saturated heterocycles. The monoisotopic (exact) mass is 340 g/mol. The van der Waals surface area contributed by atoms with Gasteiger partial charge in [-0.2, -0.15) is 0 Å². The fourth-order valence-electron chi connectivity index (χ4n) is 1.29. The summed E-state index contributed by atoms with van der Waals surface area (Å²) >= 11 is 0.678. The molecule has 0 aliphatic carbocycles. The molecule has 21 heavy (non-hydrogen) atoms. The summed E-state index contributed by atoms with van der Waals surface area (Å²) in [5, 5.41) is 10.7. The molecular formula is C9H16N4O6S2. The smallest absolute Gasteiger partial charge is 0.306 e. The molecule has 0 radical (unpaired) electrons. The summed E-state index contributed by atoms with van der Waals surface area (Å²) in [4.78, 5) is 10.0. The molecule has 120 valence electrons. The molecule has 0 aromatic carbocycles. The van der Waals surface area contributed by atoms with Crippen LogP contribution in [0.2, 0.25) is 0 Å². The Morgan fingerprint density at radius 2 is 2.14 bits per heavy atom. The summed E-state index contributed by atoms with van der Waals surface area (Å²) in [6.45, 7) is 0.973. The Morgan fingerprint density at radius 3 is 2.67 bits per heavy atom. The number of nitrogens with two attached hydrogens (primary N) is 1. The molecule has 4 N–H and O–H groups in total. The van der Waals surface area contributed by atoms with Crippen molar-refractivity contribution in [2.75, 3.05) is 38.9 Å². The first-order chi connectivity index (χ1) is 9.92. The summed E-state index contributed by atoms with van der Waals surface area (Å²) in [6, 6.07) is 0.952. The molecule has 0 saturated carbocycles. The number of nitrogens with one attached hydrogen (secondary N) is 2. The van der Waals surface area contributed by atoms with E-state index in [1.165, 1.54) is 7.11 Å². The first-order valence-electron chi connectivity index (χ1n) is 5.73. The van der Waals surface area contributed by atoms with Crippen LogP contribution in [0.25, 0.3) is 0 Å². The van der Waals surface area contributed by atoms with E-state index >= 15 is 0 Å². The summed E-state index contributed by atoms with van der Waals surface area (Å²) in [5.41, 5.74) is 1.72. The minimum atomic E-state index is -3.84. The summed E-state index contributed by atoms with van der Waals surface area (Å²) in [6.07, 6.45) is 0. The highest BCUT2D eigenvalue weighted by molar-refractivity contribution is 7.91. The van der Waals surface area contributed by atoms with Gasteiger partial charge in [0.05, 0.1) is 24.7 Å². The fraction of sp³-hybridized carbons (Fsp3) is 0.556. The lowest BCUT2D eigenvalue weighted by molar-refractivity contribution is -0.383. The molecule has 0 aliphatic heterocycles. The summed E-state index contributed by atoms with van der Waals surface area (Å²) in [5.74, 6) is 5.12. The third-order valence-corrected chi connectivity index (χ3v) is 5.24. The van der Waals surface area contributed by atoms with Crippen LogP contribution in [-0.2, 0) is 19.5 Å². The second-order valence-electron chi connectivity index (χ2n) is 3.68. The molecule has 12 heteroatoms. The van der Waals surface area contributed by atoms with Crippen LogP contribution < -0.4 is 16.0 Å². The third-order valence-electron chi connectivity index (χ3n) is 2.25. The first-order valence-corrected chi connectivity index (χ1v) is 8.03. The Bertz CT molecular complexity index is 573. The first kappa shape index (κ1) is 17.7. The average Bonchev–Trinajstić information content (AvgIpc) is 2.88. The maximum atomic E-state index is 12.0. The molecule has 0 aliphatic rings. The molecule has 0 amide bonds. The van der Waals surface area contributed by atoms with Gasteiger partial charge in [-0.25, -0.2) is 19.0 Å². The number of hydrazine groups is 1. The van der Waals surface area contributed by atoms with Crippen LogP contribution in [0.5, 0.6) is 0 Å². The third kappa shape index (κ3) is 5.18. The van der Waals surface area contributed by atoms with Crippen LogP contribution in [0.4, 0.5) is 10.7 Å². The molecule has 1 aromatic rings. The number of nitro groups is 1. The van der Waals surface area contributed by atoms with Crippen molar-refractivity contribution in [3.63, 3.8) is 0 Å². The van der Waals surface area contributed by atoms with Crippen molar-refractivity contribution < 1.29 is 22.8 Å². The number of nitrogens with zero attached hydrogens (tertiary/aromatic N) is 1. The second kappa shape index (κ2) is 8.21. The minimum absolute atomic E-state index is 0.0308. The molecule has 1 aromatic heterocycles. The van der Waals surface area contributed by atoms with Gasteiger partial charge < -0.3 is 14.9 Å². The molecule has 0 atom stereocenters. The van der Waals surface area contributed by atoms with Gasteiger partial charge in [-0.15, -0.1) is 0 Å². The minimum Gasteiger partial charge on any atom is -0.382 e. The number of rotatable bonds is 10. The summed E-state index contributed by atoms with van der Waals surface area (Å²) in [7, 11) is -2.31. The number of methoxy groups -OCH3 is 1. The normalized spacial score (nSPS) is 11.5. The van der Waals surface area contributed by atoms with Crippen LogP contribution in [0.1, 0.15) is 0 Å². The van der Waals surface area contributed by atoms with E-state index in [0.29, 0.717) is 24.6 Å². The highest BCUT2D eigenvalue weighted by atomic mass is 32.2. The quantitative estimate of drug-likeness (QED) is 0.231. The number of anilines is 1. The molecule has 10 nitrogen and oxygen atoms in total. The molecular weight excluding hydrogens is 324 g/mol. The van der Waals surface area contributed by atoms with Crippen molar-refractivity contribution in [3.8, 4) is 0 Å². The van der Waals surface area contributed by atoms with Crippen molar-refractivity contribution >= 4 is 32.0 Å². The molecule has 1 rings (SSSR count). The molecule has 1 heterocycles. The zero-order valence-electron chi connectivity index (χ0n) is 11.2. The van der Waals surface area contributed by atoms with Gasteiger partial charge in [0, 0.05) is 19.7 Å². The lowest BCUT2D eigenvalue weighted by atomic mass is 10.5. The Hall–Kier alpha value is -1.31. The van der Waals surface area contributed by atoms with Gasteiger partial charge in [0.25, 0.3) is 0 Å². The topological polar surface area (TPSA) is 146 Å². The van der Waals surface area contributed by atoms with Gasteiger partial charge in [-0.3, -0.25) is 10.1 Å². The Morgan fingerprint density at radius 1 is 1.43 bits per heavy atom. The number of sulfonamides is 1. The van der Waals surface area contributed by atoms with E-state index < -0.39 is 14.9 Å². The number of ether oxygens (including phenoxy) is 2. The van der Waals surface area contributed by atoms with Gasteiger partial charge in [0.2, 0.25) is 10.0 Å². The van der Waals surface area contributed by atoms with Gasteiger partial charge >= 0.3 is 5.69 Å². The largest absolute Gasteiger partial charge is 0.382 e. The van der Waals surface area contributed by atoms with Crippen LogP contribution in [0.15, 0.2) is 10.3 Å². The van der Waals surface area contributed by atoms with Crippen LogP contribution in [-0.4, -0.2) is 46.8 Å². The summed E-state index contributed by atoms with van der Waals surface area (Å²) < 4.78 is 35.9. The SMILES string of the molecule is COCCOCCNS(=O)(=O)c1cc([N+](=O)[O-])c(NN)s1. The Kier molecular flexibility index (Phi) is 6.94. The number of hydrogen-bond acceptors (Lipinski definition) is 9.